The molecule has 2 atom stereocenters. The van der Waals surface area contributed by atoms with Gasteiger partial charge in [-0.25, -0.2) is 9.97 Å². The van der Waals surface area contributed by atoms with Gasteiger partial charge in [0, 0.05) is 49.2 Å². The van der Waals surface area contributed by atoms with Crippen molar-refractivity contribution in [2.75, 3.05) is 13.1 Å². The average molecular weight is 386 g/mol. The highest BCUT2D eigenvalue weighted by Gasteiger charge is 2.37. The lowest BCUT2D eigenvalue weighted by Gasteiger charge is -2.42. The Morgan fingerprint density at radius 3 is 2.59 bits per heavy atom. The second-order valence-corrected chi connectivity index (χ2v) is 8.04. The highest BCUT2D eigenvalue weighted by atomic mass is 16.2. The largest absolute Gasteiger partial charge is 0.338 e. The lowest BCUT2D eigenvalue weighted by molar-refractivity contribution is 0.0594. The summed E-state index contributed by atoms with van der Waals surface area (Å²) in [5.41, 5.74) is 4.46. The Hall–Kier alpha value is -3.28. The number of piperidine rings is 1. The summed E-state index contributed by atoms with van der Waals surface area (Å²) < 4.78 is 1.94. The number of carbonyl (C=O) groups is 1. The van der Waals surface area contributed by atoms with Gasteiger partial charge in [-0.05, 0) is 42.5 Å². The van der Waals surface area contributed by atoms with Gasteiger partial charge in [0.15, 0.2) is 0 Å². The number of rotatable bonds is 2. The van der Waals surface area contributed by atoms with Crippen LogP contribution in [-0.2, 0) is 6.54 Å². The molecule has 6 heteroatoms. The minimum absolute atomic E-state index is 0.0346. The molecule has 3 aromatic rings. The molecule has 0 N–H and O–H groups in total. The monoisotopic (exact) mass is 386 g/mol. The number of amides is 1. The van der Waals surface area contributed by atoms with E-state index >= 15 is 0 Å². The van der Waals surface area contributed by atoms with Crippen LogP contribution in [0.5, 0.6) is 0 Å². The van der Waals surface area contributed by atoms with Crippen LogP contribution in [0, 0.1) is 12.8 Å². The molecule has 2 aromatic heterocycles. The van der Waals surface area contributed by atoms with Gasteiger partial charge >= 0.3 is 0 Å². The van der Waals surface area contributed by atoms with E-state index in [1.165, 1.54) is 6.33 Å². The topological polar surface area (TPSA) is 68.1 Å². The molecule has 1 saturated heterocycles. The van der Waals surface area contributed by atoms with Crippen LogP contribution in [0.4, 0.5) is 0 Å². The maximum Gasteiger partial charge on any atom is 0.258 e. The lowest BCUT2D eigenvalue weighted by Crippen LogP contribution is -2.49. The average Bonchev–Trinajstić information content (AvgIpc) is 2.75. The molecule has 1 fully saturated rings. The molecule has 6 nitrogen and oxygen atoms in total. The van der Waals surface area contributed by atoms with E-state index in [-0.39, 0.29) is 23.3 Å². The summed E-state index contributed by atoms with van der Waals surface area (Å²) in [5.74, 6) is 0.418. The minimum Gasteiger partial charge on any atom is -0.338 e. The summed E-state index contributed by atoms with van der Waals surface area (Å²) in [4.78, 5) is 36.0. The first-order valence-corrected chi connectivity index (χ1v) is 9.96. The number of hydrogen-bond donors (Lipinski definition) is 0. The van der Waals surface area contributed by atoms with Crippen molar-refractivity contribution in [2.24, 2.45) is 5.92 Å². The zero-order valence-electron chi connectivity index (χ0n) is 16.3. The number of aromatic nitrogens is 3. The number of aryl methyl sites for hydroxylation is 1. The van der Waals surface area contributed by atoms with Crippen molar-refractivity contribution >= 4 is 5.91 Å². The number of benzene rings is 1. The van der Waals surface area contributed by atoms with Gasteiger partial charge in [-0.1, -0.05) is 24.3 Å². The van der Waals surface area contributed by atoms with Crippen molar-refractivity contribution in [3.8, 4) is 11.1 Å². The van der Waals surface area contributed by atoms with E-state index in [1.54, 1.807) is 12.4 Å². The summed E-state index contributed by atoms with van der Waals surface area (Å²) in [6.45, 7) is 3.96. The van der Waals surface area contributed by atoms with Gasteiger partial charge in [0.25, 0.3) is 11.5 Å². The van der Waals surface area contributed by atoms with Crippen LogP contribution >= 0.6 is 0 Å². The van der Waals surface area contributed by atoms with Crippen LogP contribution in [0.2, 0.25) is 0 Å². The van der Waals surface area contributed by atoms with Gasteiger partial charge in [0.2, 0.25) is 0 Å². The van der Waals surface area contributed by atoms with Crippen molar-refractivity contribution in [1.29, 1.82) is 0 Å². The first-order chi connectivity index (χ1) is 14.1. The molecule has 2 bridgehead atoms. The van der Waals surface area contributed by atoms with Gasteiger partial charge in [0.1, 0.15) is 6.33 Å². The molecule has 146 valence electrons. The predicted octanol–water partition coefficient (Wildman–Crippen LogP) is 2.87. The van der Waals surface area contributed by atoms with Gasteiger partial charge in [0.05, 0.1) is 5.56 Å². The maximum absolute atomic E-state index is 13.3. The van der Waals surface area contributed by atoms with Crippen molar-refractivity contribution in [3.63, 3.8) is 0 Å². The van der Waals surface area contributed by atoms with E-state index in [0.717, 1.165) is 28.8 Å². The third-order valence-corrected chi connectivity index (χ3v) is 6.13. The van der Waals surface area contributed by atoms with Gasteiger partial charge < -0.3 is 9.47 Å². The molecule has 0 aliphatic carbocycles. The minimum atomic E-state index is -0.0346. The predicted molar refractivity (Wildman–Crippen MR) is 110 cm³/mol. The summed E-state index contributed by atoms with van der Waals surface area (Å²) in [6, 6.07) is 12.0. The molecule has 0 unspecified atom stereocenters. The summed E-state index contributed by atoms with van der Waals surface area (Å²) in [5, 5.41) is 0. The fourth-order valence-electron chi connectivity index (χ4n) is 4.78. The molecule has 5 rings (SSSR count). The van der Waals surface area contributed by atoms with E-state index in [1.807, 2.05) is 46.7 Å². The van der Waals surface area contributed by atoms with E-state index in [2.05, 4.69) is 16.0 Å². The number of pyridine rings is 1. The van der Waals surface area contributed by atoms with Crippen LogP contribution in [0.3, 0.4) is 0 Å². The summed E-state index contributed by atoms with van der Waals surface area (Å²) >= 11 is 0. The quantitative estimate of drug-likeness (QED) is 0.679. The molecule has 2 aliphatic heterocycles. The third kappa shape index (κ3) is 3.05. The van der Waals surface area contributed by atoms with Crippen LogP contribution in [-0.4, -0.2) is 38.4 Å². The zero-order valence-corrected chi connectivity index (χ0v) is 16.3. The van der Waals surface area contributed by atoms with E-state index in [0.29, 0.717) is 25.2 Å². The normalized spacial score (nSPS) is 20.2. The fraction of sp³-hybridized carbons (Fsp3) is 0.304. The smallest absolute Gasteiger partial charge is 0.258 e. The molecule has 29 heavy (non-hydrogen) atoms. The van der Waals surface area contributed by atoms with Crippen LogP contribution in [0.15, 0.2) is 59.9 Å². The number of carbonyl (C=O) groups excluding carboxylic acids is 1. The fourth-order valence-corrected chi connectivity index (χ4v) is 4.78. The number of fused-ring (bicyclic) bond motifs is 4. The van der Waals surface area contributed by atoms with Crippen LogP contribution in [0.25, 0.3) is 11.1 Å². The molecule has 0 saturated carbocycles. The zero-order chi connectivity index (χ0) is 20.0. The van der Waals surface area contributed by atoms with Gasteiger partial charge in [-0.2, -0.15) is 0 Å². The molecule has 4 heterocycles. The molecular formula is C23H22N4O2. The first kappa shape index (κ1) is 17.8. The standard InChI is InChI=1S/C23H22N4O2/c1-15-4-2-3-5-19(15)20-6-7-21-17-8-16(12-27(21)23(20)29)11-26(13-17)22(28)18-9-24-14-25-10-18/h2-7,9-10,14,16-17H,8,11-13H2,1H3/t16-,17+/m0/s1. The molecule has 1 amide bonds. The molecule has 0 radical (unpaired) electrons. The Kier molecular flexibility index (Phi) is 4.27. The maximum atomic E-state index is 13.3. The Bertz CT molecular complexity index is 1140. The van der Waals surface area contributed by atoms with Crippen molar-refractivity contribution < 1.29 is 4.79 Å². The van der Waals surface area contributed by atoms with E-state index in [4.69, 9.17) is 0 Å². The van der Waals surface area contributed by atoms with Gasteiger partial charge in [-0.15, -0.1) is 0 Å². The molecule has 0 spiro atoms. The van der Waals surface area contributed by atoms with E-state index < -0.39 is 0 Å². The first-order valence-electron chi connectivity index (χ1n) is 9.96. The highest BCUT2D eigenvalue weighted by molar-refractivity contribution is 5.93. The van der Waals surface area contributed by atoms with E-state index in [9.17, 15) is 9.59 Å². The highest BCUT2D eigenvalue weighted by Crippen LogP contribution is 2.36. The van der Waals surface area contributed by atoms with Crippen molar-refractivity contribution in [1.82, 2.24) is 19.4 Å². The van der Waals surface area contributed by atoms with Crippen molar-refractivity contribution in [3.05, 3.63) is 82.3 Å². The lowest BCUT2D eigenvalue weighted by atomic mass is 9.82. The number of nitrogens with zero attached hydrogens (tertiary/aromatic N) is 4. The Morgan fingerprint density at radius 2 is 1.79 bits per heavy atom. The second-order valence-electron chi connectivity index (χ2n) is 8.04. The number of likely N-dealkylation sites (tertiary alicyclic amines) is 1. The SMILES string of the molecule is Cc1ccccc1-c1ccc2n(c1=O)C[C@H]1C[C@@H]2CN(C(=O)c2cncnc2)C1. The molecule has 1 aromatic carbocycles. The van der Waals surface area contributed by atoms with Crippen LogP contribution in [0.1, 0.15) is 34.0 Å². The molecule has 2 aliphatic rings. The number of hydrogen-bond acceptors (Lipinski definition) is 4. The van der Waals surface area contributed by atoms with Crippen LogP contribution < -0.4 is 5.56 Å². The van der Waals surface area contributed by atoms with Crippen molar-refractivity contribution in [2.45, 2.75) is 25.8 Å². The molecular weight excluding hydrogens is 364 g/mol. The Balaban J connectivity index is 1.49. The van der Waals surface area contributed by atoms with Gasteiger partial charge in [-0.3, -0.25) is 9.59 Å². The Morgan fingerprint density at radius 1 is 1.00 bits per heavy atom. The third-order valence-electron chi connectivity index (χ3n) is 6.13. The summed E-state index contributed by atoms with van der Waals surface area (Å²) in [6.07, 6.45) is 5.56. The second kappa shape index (κ2) is 6.95. The summed E-state index contributed by atoms with van der Waals surface area (Å²) in [7, 11) is 0. The Labute approximate surface area is 168 Å².